The minimum absolute atomic E-state index is 0.109. The predicted octanol–water partition coefficient (Wildman–Crippen LogP) is 3.07. The monoisotopic (exact) mass is 493 g/mol. The molecule has 192 valence electrons. The van der Waals surface area contributed by atoms with E-state index in [-0.39, 0.29) is 43.9 Å². The summed E-state index contributed by atoms with van der Waals surface area (Å²) < 4.78 is 41.3. The van der Waals surface area contributed by atoms with Gasteiger partial charge in [0.1, 0.15) is 5.41 Å². The standard InChI is InChI=1S/C25H34F3N5O2/c1-2-18-15-32(23(35)24(8-4-9-24)25(26,27)28)13-14-33(18)20-5-3-10-29-21(20)22(34)30-19-16-31-11-6-17(19)7-12-31/h3,5,10,17-19H,2,4,6-9,11-16H2,1H3,(H,30,34). The van der Waals surface area contributed by atoms with Crippen LogP contribution in [0.3, 0.4) is 0 Å². The first-order chi connectivity index (χ1) is 16.7. The number of amides is 2. The summed E-state index contributed by atoms with van der Waals surface area (Å²) in [5.41, 5.74) is -1.20. The molecule has 1 N–H and O–H groups in total. The van der Waals surface area contributed by atoms with E-state index in [0.717, 1.165) is 32.5 Å². The lowest BCUT2D eigenvalue weighted by Crippen LogP contribution is -2.62. The van der Waals surface area contributed by atoms with Crippen LogP contribution in [0.15, 0.2) is 18.3 Å². The zero-order chi connectivity index (χ0) is 24.8. The Morgan fingerprint density at radius 3 is 2.46 bits per heavy atom. The third-order valence-corrected chi connectivity index (χ3v) is 8.68. The first-order valence-corrected chi connectivity index (χ1v) is 12.8. The van der Waals surface area contributed by atoms with Crippen molar-refractivity contribution in [1.29, 1.82) is 0 Å². The van der Waals surface area contributed by atoms with Crippen LogP contribution in [0.2, 0.25) is 0 Å². The van der Waals surface area contributed by atoms with Crippen molar-refractivity contribution >= 4 is 17.5 Å². The maximum atomic E-state index is 13.8. The molecule has 5 fully saturated rings. The van der Waals surface area contributed by atoms with E-state index in [9.17, 15) is 22.8 Å². The number of carbonyl (C=O) groups is 2. The normalized spacial score (nSPS) is 30.1. The first kappa shape index (κ1) is 24.3. The molecule has 1 aliphatic carbocycles. The summed E-state index contributed by atoms with van der Waals surface area (Å²) in [4.78, 5) is 36.5. The largest absolute Gasteiger partial charge is 0.403 e. The van der Waals surface area contributed by atoms with Crippen molar-refractivity contribution in [2.24, 2.45) is 11.3 Å². The second-order valence-electron chi connectivity index (χ2n) is 10.5. The number of pyridine rings is 1. The number of rotatable bonds is 5. The number of hydrogen-bond donors (Lipinski definition) is 1. The lowest BCUT2D eigenvalue weighted by Gasteiger charge is -2.49. The molecular weight excluding hydrogens is 459 g/mol. The van der Waals surface area contributed by atoms with Crippen LogP contribution in [0.1, 0.15) is 55.9 Å². The zero-order valence-electron chi connectivity index (χ0n) is 20.2. The Balaban J connectivity index is 1.31. The molecule has 0 spiro atoms. The molecule has 1 aromatic heterocycles. The molecule has 0 radical (unpaired) electrons. The van der Waals surface area contributed by atoms with Crippen LogP contribution in [0, 0.1) is 11.3 Å². The number of nitrogens with zero attached hydrogens (tertiary/aromatic N) is 4. The summed E-state index contributed by atoms with van der Waals surface area (Å²) in [7, 11) is 0. The molecule has 2 unspecified atom stereocenters. The predicted molar refractivity (Wildman–Crippen MR) is 125 cm³/mol. The second-order valence-corrected chi connectivity index (χ2v) is 10.5. The Bertz CT molecular complexity index is 959. The highest BCUT2D eigenvalue weighted by Crippen LogP contribution is 2.54. The Morgan fingerprint density at radius 1 is 1.14 bits per heavy atom. The highest BCUT2D eigenvalue weighted by atomic mass is 19.4. The van der Waals surface area contributed by atoms with Gasteiger partial charge in [-0.1, -0.05) is 13.3 Å². The molecule has 0 aromatic carbocycles. The summed E-state index contributed by atoms with van der Waals surface area (Å²) in [6.07, 6.45) is 0.0667. The molecule has 4 saturated heterocycles. The summed E-state index contributed by atoms with van der Waals surface area (Å²) >= 11 is 0. The molecule has 1 aromatic rings. The van der Waals surface area contributed by atoms with E-state index in [4.69, 9.17) is 0 Å². The molecule has 7 nitrogen and oxygen atoms in total. The summed E-state index contributed by atoms with van der Waals surface area (Å²) in [6.45, 7) is 5.76. The van der Waals surface area contributed by atoms with Crippen molar-refractivity contribution in [3.05, 3.63) is 24.0 Å². The van der Waals surface area contributed by atoms with Crippen molar-refractivity contribution in [2.45, 2.75) is 63.7 Å². The second kappa shape index (κ2) is 9.26. The molecule has 10 heteroatoms. The molecule has 35 heavy (non-hydrogen) atoms. The molecule has 2 atom stereocenters. The number of piperidine rings is 3. The van der Waals surface area contributed by atoms with E-state index in [2.05, 4.69) is 15.2 Å². The number of fused-ring (bicyclic) bond motifs is 3. The molecule has 1 saturated carbocycles. The molecule has 2 bridgehead atoms. The highest BCUT2D eigenvalue weighted by Gasteiger charge is 2.64. The number of anilines is 1. The van der Waals surface area contributed by atoms with Crippen LogP contribution in [0.25, 0.3) is 0 Å². The Morgan fingerprint density at radius 2 is 1.89 bits per heavy atom. The average Bonchev–Trinajstić information content (AvgIpc) is 2.82. The SMILES string of the molecule is CCC1CN(C(=O)C2(C(F)(F)F)CCC2)CCN1c1cccnc1C(=O)NC1CN2CCC1CC2. The molecule has 6 rings (SSSR count). The van der Waals surface area contributed by atoms with Crippen molar-refractivity contribution in [2.75, 3.05) is 44.2 Å². The molecular formula is C25H34F3N5O2. The number of piperazine rings is 1. The fourth-order valence-electron chi connectivity index (χ4n) is 6.33. The summed E-state index contributed by atoms with van der Waals surface area (Å²) in [5.74, 6) is -0.513. The van der Waals surface area contributed by atoms with Gasteiger partial charge in [0, 0.05) is 44.5 Å². The van der Waals surface area contributed by atoms with Gasteiger partial charge in [-0.2, -0.15) is 13.2 Å². The van der Waals surface area contributed by atoms with E-state index in [1.54, 1.807) is 12.3 Å². The van der Waals surface area contributed by atoms with E-state index >= 15 is 0 Å². The number of carbonyl (C=O) groups excluding carboxylic acids is 2. The van der Waals surface area contributed by atoms with E-state index in [0.29, 0.717) is 36.7 Å². The van der Waals surface area contributed by atoms with Gasteiger partial charge < -0.3 is 20.0 Å². The van der Waals surface area contributed by atoms with Gasteiger partial charge in [-0.25, -0.2) is 4.98 Å². The van der Waals surface area contributed by atoms with E-state index in [1.165, 1.54) is 4.90 Å². The number of hydrogen-bond acceptors (Lipinski definition) is 5. The number of aromatic nitrogens is 1. The third kappa shape index (κ3) is 4.27. The molecule has 5 heterocycles. The summed E-state index contributed by atoms with van der Waals surface area (Å²) in [6, 6.07) is 3.54. The number of alkyl halides is 3. The van der Waals surface area contributed by atoms with Crippen LogP contribution >= 0.6 is 0 Å². The Labute approximate surface area is 204 Å². The third-order valence-electron chi connectivity index (χ3n) is 8.68. The number of halogens is 3. The topological polar surface area (TPSA) is 68.8 Å². The molecule has 5 aliphatic rings. The van der Waals surface area contributed by atoms with Gasteiger partial charge in [-0.05, 0) is 63.2 Å². The minimum atomic E-state index is -4.52. The van der Waals surface area contributed by atoms with Crippen LogP contribution in [-0.2, 0) is 4.79 Å². The van der Waals surface area contributed by atoms with Gasteiger partial charge in [0.05, 0.1) is 5.69 Å². The van der Waals surface area contributed by atoms with Crippen LogP contribution < -0.4 is 10.2 Å². The smallest absolute Gasteiger partial charge is 0.363 e. The lowest BCUT2D eigenvalue weighted by atomic mass is 9.67. The maximum Gasteiger partial charge on any atom is 0.403 e. The Hall–Kier alpha value is -2.36. The average molecular weight is 494 g/mol. The maximum absolute atomic E-state index is 13.8. The van der Waals surface area contributed by atoms with Gasteiger partial charge in [0.25, 0.3) is 5.91 Å². The van der Waals surface area contributed by atoms with Crippen molar-refractivity contribution < 1.29 is 22.8 Å². The lowest BCUT2D eigenvalue weighted by molar-refractivity contribution is -0.248. The fraction of sp³-hybridized carbons (Fsp3) is 0.720. The van der Waals surface area contributed by atoms with Gasteiger partial charge in [-0.3, -0.25) is 9.59 Å². The minimum Gasteiger partial charge on any atom is -0.363 e. The fourth-order valence-corrected chi connectivity index (χ4v) is 6.33. The first-order valence-electron chi connectivity index (χ1n) is 12.8. The van der Waals surface area contributed by atoms with Crippen LogP contribution in [0.4, 0.5) is 18.9 Å². The van der Waals surface area contributed by atoms with Gasteiger partial charge in [0.2, 0.25) is 5.91 Å². The van der Waals surface area contributed by atoms with Gasteiger partial charge >= 0.3 is 6.18 Å². The summed E-state index contributed by atoms with van der Waals surface area (Å²) in [5, 5.41) is 3.20. The number of nitrogens with one attached hydrogen (secondary N) is 1. The van der Waals surface area contributed by atoms with Gasteiger partial charge in [-0.15, -0.1) is 0 Å². The van der Waals surface area contributed by atoms with Crippen molar-refractivity contribution in [3.63, 3.8) is 0 Å². The Kier molecular flexibility index (Phi) is 6.44. The van der Waals surface area contributed by atoms with E-state index in [1.807, 2.05) is 17.9 Å². The van der Waals surface area contributed by atoms with Crippen LogP contribution in [-0.4, -0.2) is 84.1 Å². The molecule has 4 aliphatic heterocycles. The van der Waals surface area contributed by atoms with Crippen molar-refractivity contribution in [1.82, 2.24) is 20.1 Å². The van der Waals surface area contributed by atoms with E-state index < -0.39 is 17.5 Å². The van der Waals surface area contributed by atoms with Crippen molar-refractivity contribution in [3.8, 4) is 0 Å². The highest BCUT2D eigenvalue weighted by molar-refractivity contribution is 5.98. The quantitative estimate of drug-likeness (QED) is 0.683. The van der Waals surface area contributed by atoms with Gasteiger partial charge in [0.15, 0.2) is 5.69 Å². The molecule has 2 amide bonds. The zero-order valence-corrected chi connectivity index (χ0v) is 20.2. The van der Waals surface area contributed by atoms with Crippen LogP contribution in [0.5, 0.6) is 0 Å².